The lowest BCUT2D eigenvalue weighted by Crippen LogP contribution is -2.26. The lowest BCUT2D eigenvalue weighted by molar-refractivity contribution is -0.121. The summed E-state index contributed by atoms with van der Waals surface area (Å²) in [6.07, 6.45) is 3.51. The fourth-order valence-electron chi connectivity index (χ4n) is 1.14. The second kappa shape index (κ2) is 3.17. The van der Waals surface area contributed by atoms with E-state index in [0.29, 0.717) is 13.2 Å². The summed E-state index contributed by atoms with van der Waals surface area (Å²) in [6, 6.07) is 0. The largest absolute Gasteiger partial charge is 0.344 e. The van der Waals surface area contributed by atoms with Crippen LogP contribution in [0.2, 0.25) is 0 Å². The third kappa shape index (κ3) is 1.39. The summed E-state index contributed by atoms with van der Waals surface area (Å²) >= 11 is 0. The molecule has 0 aromatic heterocycles. The average molecular weight is 143 g/mol. The Kier molecular flexibility index (Phi) is 2.02. The highest BCUT2D eigenvalue weighted by Gasteiger charge is 2.31. The quantitative estimate of drug-likeness (QED) is 0.560. The summed E-state index contributed by atoms with van der Waals surface area (Å²) in [7, 11) is 0. The van der Waals surface area contributed by atoms with Gasteiger partial charge in [0, 0.05) is 6.42 Å². The lowest BCUT2D eigenvalue weighted by Gasteiger charge is -2.21. The van der Waals surface area contributed by atoms with E-state index in [2.05, 4.69) is 6.92 Å². The molecule has 1 saturated heterocycles. The minimum absolute atomic E-state index is 0.573. The van der Waals surface area contributed by atoms with Crippen LogP contribution >= 0.6 is 0 Å². The van der Waals surface area contributed by atoms with Crippen molar-refractivity contribution in [2.24, 2.45) is 0 Å². The summed E-state index contributed by atoms with van der Waals surface area (Å²) in [5, 5.41) is 0. The van der Waals surface area contributed by atoms with Gasteiger partial charge in [-0.1, -0.05) is 19.9 Å². The molecule has 1 rings (SSSR count). The molecule has 2 heteroatoms. The number of rotatable bonds is 3. The topological polar surface area (TPSA) is 18.5 Å². The van der Waals surface area contributed by atoms with E-state index in [1.165, 1.54) is 6.55 Å². The van der Waals surface area contributed by atoms with Crippen molar-refractivity contribution in [3.05, 3.63) is 12.6 Å². The van der Waals surface area contributed by atoms with Gasteiger partial charge in [0.1, 0.15) is 0 Å². The zero-order chi connectivity index (χ0) is 8.16. The lowest BCUT2D eigenvalue weighted by atomic mass is 10.1. The zero-order valence-electron chi connectivity index (χ0n) is 7.30. The molecule has 0 spiro atoms. The molecule has 0 saturated carbocycles. The van der Waals surface area contributed by atoms with Gasteiger partial charge in [0.2, 0.25) is 0 Å². The van der Waals surface area contributed by atoms with Crippen LogP contribution < -0.4 is 0 Å². The number of ether oxygens (including phenoxy) is 2. The summed E-state index contributed by atoms with van der Waals surface area (Å²) in [5.41, 5.74) is 0. The molecule has 1 fully saturated rings. The van der Waals surface area contributed by atoms with Gasteiger partial charge < -0.3 is 9.47 Å². The molecule has 0 atom stereocenters. The van der Waals surface area contributed by atoms with Gasteiger partial charge in [-0.05, 0) is 6.08 Å². The highest BCUT2D eigenvalue weighted by atomic mass is 16.7. The van der Waals surface area contributed by atoms with Crippen molar-refractivity contribution in [2.45, 2.75) is 25.6 Å². The van der Waals surface area contributed by atoms with Crippen molar-refractivity contribution < 1.29 is 10.8 Å². The van der Waals surface area contributed by atoms with Gasteiger partial charge in [0.05, 0.1) is 14.6 Å². The number of hydrogen-bond acceptors (Lipinski definition) is 2. The molecule has 1 heterocycles. The van der Waals surface area contributed by atoms with E-state index in [4.69, 9.17) is 10.8 Å². The van der Waals surface area contributed by atoms with E-state index in [-0.39, 0.29) is 0 Å². The Morgan fingerprint density at radius 1 is 1.70 bits per heavy atom. The zero-order valence-corrected chi connectivity index (χ0v) is 6.30. The average Bonchev–Trinajstić information content (AvgIpc) is 2.39. The van der Waals surface area contributed by atoms with E-state index in [9.17, 15) is 0 Å². The molecule has 0 aromatic carbocycles. The van der Waals surface area contributed by atoms with Crippen LogP contribution in [0.15, 0.2) is 12.6 Å². The molecule has 2 nitrogen and oxygen atoms in total. The van der Waals surface area contributed by atoms with Crippen molar-refractivity contribution in [2.75, 3.05) is 13.2 Å². The maximum Gasteiger partial charge on any atom is 0.187 e. The van der Waals surface area contributed by atoms with E-state index in [1.807, 2.05) is 0 Å². The van der Waals surface area contributed by atoms with Gasteiger partial charge >= 0.3 is 0 Å². The van der Waals surface area contributed by atoms with E-state index >= 15 is 0 Å². The van der Waals surface area contributed by atoms with E-state index < -0.39 is 5.79 Å². The van der Waals surface area contributed by atoms with Crippen LogP contribution in [-0.2, 0) is 9.47 Å². The first kappa shape index (κ1) is 6.38. The maximum atomic E-state index is 6.93. The Bertz CT molecular complexity index is 139. The molecule has 1 aliphatic heterocycles. The molecule has 0 aromatic rings. The normalized spacial score (nSPS) is 25.5. The third-order valence-electron chi connectivity index (χ3n) is 1.63. The monoisotopic (exact) mass is 143 g/mol. The first-order chi connectivity index (χ1) is 5.33. The fourth-order valence-corrected chi connectivity index (χ4v) is 1.14. The second-order valence-corrected chi connectivity index (χ2v) is 2.43. The Balaban J connectivity index is 2.54. The van der Waals surface area contributed by atoms with Gasteiger partial charge in [-0.25, -0.2) is 0 Å². The van der Waals surface area contributed by atoms with Crippen molar-refractivity contribution in [3.8, 4) is 0 Å². The van der Waals surface area contributed by atoms with Crippen LogP contribution in [-0.4, -0.2) is 19.0 Å². The van der Waals surface area contributed by atoms with Crippen molar-refractivity contribution in [3.63, 3.8) is 0 Å². The van der Waals surface area contributed by atoms with E-state index in [1.54, 1.807) is 6.08 Å². The maximum absolute atomic E-state index is 6.93. The highest BCUT2D eigenvalue weighted by Crippen LogP contribution is 2.25. The van der Waals surface area contributed by atoms with Gasteiger partial charge in [0.15, 0.2) is 5.79 Å². The highest BCUT2D eigenvalue weighted by molar-refractivity contribution is 4.91. The van der Waals surface area contributed by atoms with Crippen LogP contribution in [0.3, 0.4) is 0 Å². The molecule has 0 bridgehead atoms. The summed E-state index contributed by atoms with van der Waals surface area (Å²) in [5.74, 6) is -0.573. The summed E-state index contributed by atoms with van der Waals surface area (Å²) in [4.78, 5) is 0. The van der Waals surface area contributed by atoms with Gasteiger partial charge in [-0.2, -0.15) is 0 Å². The predicted molar refractivity (Wildman–Crippen MR) is 39.7 cm³/mol. The van der Waals surface area contributed by atoms with Gasteiger partial charge in [0.25, 0.3) is 0 Å². The molecular weight excluding hydrogens is 128 g/mol. The molecule has 0 aliphatic carbocycles. The smallest absolute Gasteiger partial charge is 0.187 e. The first-order valence-electron chi connectivity index (χ1n) is 4.25. The third-order valence-corrected chi connectivity index (χ3v) is 1.63. The van der Waals surface area contributed by atoms with Crippen LogP contribution in [0.5, 0.6) is 0 Å². The Morgan fingerprint density at radius 2 is 2.40 bits per heavy atom. The van der Waals surface area contributed by atoms with Crippen molar-refractivity contribution in [1.29, 1.82) is 0 Å². The predicted octanol–water partition coefficient (Wildman–Crippen LogP) is 1.72. The van der Waals surface area contributed by atoms with Crippen molar-refractivity contribution >= 4 is 0 Å². The van der Waals surface area contributed by atoms with Gasteiger partial charge in [-0.3, -0.25) is 0 Å². The van der Waals surface area contributed by atoms with Crippen LogP contribution in [0.4, 0.5) is 0 Å². The molecule has 0 unspecified atom stereocenters. The van der Waals surface area contributed by atoms with Crippen LogP contribution in [0.1, 0.15) is 21.1 Å². The summed E-state index contributed by atoms with van der Waals surface area (Å²) in [6.45, 7) is 4.60. The minimum Gasteiger partial charge on any atom is -0.344 e. The van der Waals surface area contributed by atoms with Crippen LogP contribution in [0, 0.1) is 0 Å². The Hall–Kier alpha value is -0.340. The molecular formula is C8H14O2. The fraction of sp³-hybridized carbons (Fsp3) is 0.750. The number of hydrogen-bond donors (Lipinski definition) is 0. The molecule has 0 N–H and O–H groups in total. The van der Waals surface area contributed by atoms with E-state index in [0.717, 1.165) is 12.8 Å². The van der Waals surface area contributed by atoms with Gasteiger partial charge in [-0.15, -0.1) is 0 Å². The first-order valence-corrected chi connectivity index (χ1v) is 3.67. The molecule has 10 heavy (non-hydrogen) atoms. The Labute approximate surface area is 63.2 Å². The minimum atomic E-state index is -0.573. The second-order valence-electron chi connectivity index (χ2n) is 2.43. The molecule has 1 aliphatic rings. The standard InChI is InChI=1S/C8H14O2/c1-3-5-8(4-2)9-6-7-10-8/h4H,2-3,5-7H2,1H3/i2D. The van der Waals surface area contributed by atoms with Crippen LogP contribution in [0.25, 0.3) is 0 Å². The Morgan fingerprint density at radius 3 is 2.90 bits per heavy atom. The molecule has 0 radical (unpaired) electrons. The summed E-state index contributed by atoms with van der Waals surface area (Å²) < 4.78 is 17.7. The van der Waals surface area contributed by atoms with Crippen molar-refractivity contribution in [1.82, 2.24) is 0 Å². The molecule has 58 valence electrons. The molecule has 0 amide bonds. The SMILES string of the molecule is [2H]C=CC1(CCC)OCCO1.